The molecule has 0 fully saturated rings. The van der Waals surface area contributed by atoms with Crippen molar-refractivity contribution in [3.63, 3.8) is 0 Å². The van der Waals surface area contributed by atoms with E-state index in [9.17, 15) is 0 Å². The van der Waals surface area contributed by atoms with Crippen molar-refractivity contribution in [3.8, 4) is 0 Å². The maximum Gasteiger partial charge on any atom is 0.230 e. The van der Waals surface area contributed by atoms with Crippen LogP contribution in [0, 0.1) is 13.8 Å². The lowest BCUT2D eigenvalue weighted by atomic mass is 9.98. The van der Waals surface area contributed by atoms with Gasteiger partial charge in [-0.05, 0) is 43.9 Å². The Hall–Kier alpha value is -2.89. The molecule has 1 aromatic carbocycles. The van der Waals surface area contributed by atoms with E-state index in [1.807, 2.05) is 19.1 Å². The van der Waals surface area contributed by atoms with Gasteiger partial charge in [0.15, 0.2) is 5.82 Å². The van der Waals surface area contributed by atoms with Crippen LogP contribution in [-0.2, 0) is 6.42 Å². The Kier molecular flexibility index (Phi) is 3.65. The van der Waals surface area contributed by atoms with Gasteiger partial charge in [-0.15, -0.1) is 0 Å². The van der Waals surface area contributed by atoms with Crippen molar-refractivity contribution >= 4 is 23.3 Å². The second-order valence-corrected chi connectivity index (χ2v) is 6.14. The summed E-state index contributed by atoms with van der Waals surface area (Å²) < 4.78 is 0. The van der Waals surface area contributed by atoms with Crippen LogP contribution in [0.4, 0.5) is 23.3 Å². The number of para-hydroxylation sites is 1. The van der Waals surface area contributed by atoms with E-state index < -0.39 is 0 Å². The van der Waals surface area contributed by atoms with Crippen LogP contribution in [0.1, 0.15) is 23.2 Å². The van der Waals surface area contributed by atoms with Gasteiger partial charge in [0.2, 0.25) is 5.95 Å². The van der Waals surface area contributed by atoms with E-state index in [4.69, 9.17) is 4.98 Å². The van der Waals surface area contributed by atoms with Crippen molar-refractivity contribution in [3.05, 3.63) is 53.3 Å². The summed E-state index contributed by atoms with van der Waals surface area (Å²) in [7, 11) is 0. The van der Waals surface area contributed by atoms with E-state index in [1.165, 1.54) is 16.8 Å². The Balaban J connectivity index is 1.67. The third-order valence-electron chi connectivity index (χ3n) is 4.28. The number of nitrogens with one attached hydrogen (secondary N) is 2. The lowest BCUT2D eigenvalue weighted by Gasteiger charge is -2.32. The fourth-order valence-electron chi connectivity index (χ4n) is 3.23. The molecule has 2 N–H and O–H groups in total. The molecule has 2 aromatic heterocycles. The number of hydrogen-bond donors (Lipinski definition) is 2. The number of H-pyrrole nitrogens is 1. The van der Waals surface area contributed by atoms with Crippen LogP contribution in [-0.4, -0.2) is 26.7 Å². The maximum absolute atomic E-state index is 4.69. The highest BCUT2D eigenvalue weighted by atomic mass is 15.3. The topological polar surface area (TPSA) is 69.7 Å². The fourth-order valence-corrected chi connectivity index (χ4v) is 3.23. The number of rotatable bonds is 3. The smallest absolute Gasteiger partial charge is 0.230 e. The molecule has 3 heterocycles. The minimum atomic E-state index is 0.555. The molecule has 0 spiro atoms. The molecule has 0 amide bonds. The lowest BCUT2D eigenvalue weighted by molar-refractivity contribution is 0.756. The van der Waals surface area contributed by atoms with Crippen molar-refractivity contribution in [2.24, 2.45) is 0 Å². The predicted octanol–water partition coefficient (Wildman–Crippen LogP) is 3.64. The first-order valence-electron chi connectivity index (χ1n) is 8.19. The van der Waals surface area contributed by atoms with Gasteiger partial charge in [0.05, 0.1) is 0 Å². The zero-order valence-electron chi connectivity index (χ0n) is 13.9. The molecule has 0 saturated carbocycles. The number of anilines is 4. The summed E-state index contributed by atoms with van der Waals surface area (Å²) in [4.78, 5) is 11.3. The molecule has 122 valence electrons. The first-order chi connectivity index (χ1) is 11.7. The molecule has 0 bridgehead atoms. The quantitative estimate of drug-likeness (QED) is 0.771. The predicted molar refractivity (Wildman–Crippen MR) is 95.1 cm³/mol. The first kappa shape index (κ1) is 14.7. The third kappa shape index (κ3) is 2.71. The summed E-state index contributed by atoms with van der Waals surface area (Å²) in [6, 6.07) is 10.4. The van der Waals surface area contributed by atoms with Gasteiger partial charge in [0, 0.05) is 30.2 Å². The summed E-state index contributed by atoms with van der Waals surface area (Å²) in [6.45, 7) is 5.09. The van der Waals surface area contributed by atoms with Crippen LogP contribution < -0.4 is 10.2 Å². The number of benzene rings is 1. The molecule has 0 unspecified atom stereocenters. The summed E-state index contributed by atoms with van der Waals surface area (Å²) in [5, 5.41) is 10.2. The average molecular weight is 320 g/mol. The van der Waals surface area contributed by atoms with Crippen molar-refractivity contribution in [1.29, 1.82) is 0 Å². The van der Waals surface area contributed by atoms with Gasteiger partial charge in [-0.2, -0.15) is 10.1 Å². The van der Waals surface area contributed by atoms with Crippen LogP contribution in [0.3, 0.4) is 0 Å². The van der Waals surface area contributed by atoms with Crippen LogP contribution in [0.25, 0.3) is 0 Å². The highest BCUT2D eigenvalue weighted by Crippen LogP contribution is 2.35. The lowest BCUT2D eigenvalue weighted by Crippen LogP contribution is -2.26. The number of aromatic amines is 1. The minimum Gasteiger partial charge on any atom is -0.326 e. The Morgan fingerprint density at radius 3 is 2.96 bits per heavy atom. The largest absolute Gasteiger partial charge is 0.326 e. The van der Waals surface area contributed by atoms with E-state index >= 15 is 0 Å². The van der Waals surface area contributed by atoms with Gasteiger partial charge in [0.1, 0.15) is 5.82 Å². The van der Waals surface area contributed by atoms with E-state index in [1.54, 1.807) is 6.20 Å². The average Bonchev–Trinajstić information content (AvgIpc) is 3.00. The van der Waals surface area contributed by atoms with Crippen LogP contribution in [0.5, 0.6) is 0 Å². The van der Waals surface area contributed by atoms with Crippen molar-refractivity contribution in [2.45, 2.75) is 26.7 Å². The van der Waals surface area contributed by atoms with Crippen molar-refractivity contribution < 1.29 is 0 Å². The summed E-state index contributed by atoms with van der Waals surface area (Å²) in [5.41, 5.74) is 4.94. The van der Waals surface area contributed by atoms with Crippen LogP contribution in [0.2, 0.25) is 0 Å². The monoisotopic (exact) mass is 320 g/mol. The molecule has 3 aromatic rings. The Labute approximate surface area is 141 Å². The van der Waals surface area contributed by atoms with Gasteiger partial charge in [-0.1, -0.05) is 18.2 Å². The molecule has 1 aliphatic rings. The molecule has 0 saturated heterocycles. The second-order valence-electron chi connectivity index (χ2n) is 6.14. The number of nitrogens with zero attached hydrogens (tertiary/aromatic N) is 4. The second kappa shape index (κ2) is 5.96. The number of fused-ring (bicyclic) bond motifs is 1. The van der Waals surface area contributed by atoms with Gasteiger partial charge in [-0.3, -0.25) is 5.10 Å². The number of hydrogen-bond acceptors (Lipinski definition) is 5. The highest BCUT2D eigenvalue weighted by Gasteiger charge is 2.21. The van der Waals surface area contributed by atoms with E-state index in [0.29, 0.717) is 5.95 Å². The molecule has 6 heteroatoms. The van der Waals surface area contributed by atoms with E-state index in [0.717, 1.165) is 36.7 Å². The SMILES string of the molecule is Cc1cc(Nc2nccc(N3CCCc4cccc(C)c43)n2)n[nH]1. The van der Waals surface area contributed by atoms with Gasteiger partial charge < -0.3 is 10.2 Å². The van der Waals surface area contributed by atoms with Crippen LogP contribution in [0.15, 0.2) is 36.5 Å². The summed E-state index contributed by atoms with van der Waals surface area (Å²) in [5.74, 6) is 2.19. The first-order valence-corrected chi connectivity index (χ1v) is 8.19. The highest BCUT2D eigenvalue weighted by molar-refractivity contribution is 5.69. The maximum atomic E-state index is 4.69. The minimum absolute atomic E-state index is 0.555. The Morgan fingerprint density at radius 1 is 1.21 bits per heavy atom. The van der Waals surface area contributed by atoms with Crippen LogP contribution >= 0.6 is 0 Å². The molecule has 6 nitrogen and oxygen atoms in total. The molecular formula is C18H20N6. The summed E-state index contributed by atoms with van der Waals surface area (Å²) >= 11 is 0. The fraction of sp³-hybridized carbons (Fsp3) is 0.278. The number of aromatic nitrogens is 4. The molecular weight excluding hydrogens is 300 g/mol. The molecule has 1 aliphatic heterocycles. The summed E-state index contributed by atoms with van der Waals surface area (Å²) in [6.07, 6.45) is 4.04. The number of aryl methyl sites for hydroxylation is 3. The zero-order valence-corrected chi connectivity index (χ0v) is 13.9. The molecule has 24 heavy (non-hydrogen) atoms. The van der Waals surface area contributed by atoms with Crippen molar-refractivity contribution in [2.75, 3.05) is 16.8 Å². The van der Waals surface area contributed by atoms with Gasteiger partial charge in [-0.25, -0.2) is 4.98 Å². The Morgan fingerprint density at radius 2 is 2.12 bits per heavy atom. The molecule has 0 aliphatic carbocycles. The van der Waals surface area contributed by atoms with E-state index in [-0.39, 0.29) is 0 Å². The third-order valence-corrected chi connectivity index (χ3v) is 4.28. The zero-order chi connectivity index (χ0) is 16.5. The van der Waals surface area contributed by atoms with E-state index in [2.05, 4.69) is 50.5 Å². The normalized spacial score (nSPS) is 13.7. The van der Waals surface area contributed by atoms with Gasteiger partial charge >= 0.3 is 0 Å². The van der Waals surface area contributed by atoms with Gasteiger partial charge in [0.25, 0.3) is 0 Å². The standard InChI is InChI=1S/C18H20N6/c1-12-5-3-6-14-7-4-10-24(17(12)14)16-8-9-19-18(21-16)20-15-11-13(2)22-23-15/h3,5-6,8-9,11H,4,7,10H2,1-2H3,(H2,19,20,21,22,23). The van der Waals surface area contributed by atoms with Crippen molar-refractivity contribution in [1.82, 2.24) is 20.2 Å². The molecule has 4 rings (SSSR count). The molecule has 0 atom stereocenters. The molecule has 0 radical (unpaired) electrons. The Bertz CT molecular complexity index is 869.